The van der Waals surface area contributed by atoms with E-state index in [1.165, 1.54) is 18.2 Å². The van der Waals surface area contributed by atoms with Crippen molar-refractivity contribution in [2.75, 3.05) is 5.32 Å². The number of nitrogens with two attached hydrogens (primary N) is 1. The van der Waals surface area contributed by atoms with Crippen LogP contribution in [-0.4, -0.2) is 21.4 Å². The molecule has 0 bridgehead atoms. The second-order valence-electron chi connectivity index (χ2n) is 4.11. The predicted octanol–water partition coefficient (Wildman–Crippen LogP) is 2.12. The third-order valence-electron chi connectivity index (χ3n) is 2.57. The maximum Gasteiger partial charge on any atom is 0.215 e. The lowest BCUT2D eigenvalue weighted by molar-refractivity contribution is 0.628. The molecule has 9 nitrogen and oxygen atoms in total. The summed E-state index contributed by atoms with van der Waals surface area (Å²) in [6.07, 6.45) is 0. The van der Waals surface area contributed by atoms with E-state index in [2.05, 4.69) is 30.5 Å². The number of nitrogens with zero attached hydrogens (tertiary/aromatic N) is 4. The fraction of sp³-hybridized carbons (Fsp3) is 0.0909. The molecule has 1 aromatic heterocycles. The fourth-order valence-electron chi connectivity index (χ4n) is 1.55. The molecule has 0 aliphatic carbocycles. The lowest BCUT2D eigenvalue weighted by atomic mass is 10.2. The van der Waals surface area contributed by atoms with E-state index >= 15 is 0 Å². The molecule has 0 fully saturated rings. The summed E-state index contributed by atoms with van der Waals surface area (Å²) in [4.78, 5) is 0.624. The Kier molecular flexibility index (Phi) is 5.49. The van der Waals surface area contributed by atoms with Crippen molar-refractivity contribution in [2.45, 2.75) is 6.54 Å². The molecule has 0 saturated carbocycles. The highest BCUT2D eigenvalue weighted by Gasteiger charge is 2.14. The van der Waals surface area contributed by atoms with Crippen molar-refractivity contribution >= 4 is 40.6 Å². The van der Waals surface area contributed by atoms with Crippen molar-refractivity contribution in [2.24, 2.45) is 16.1 Å². The molecule has 1 aromatic carbocycles. The minimum Gasteiger partial charge on any atom is -0.368 e. The molecule has 23 heavy (non-hydrogen) atoms. The molecule has 12 heteroatoms. The summed E-state index contributed by atoms with van der Waals surface area (Å²) in [6, 6.07) is 4.01. The molecule has 120 valence electrons. The summed E-state index contributed by atoms with van der Waals surface area (Å²) in [5.74, 6) is -0.610. The molecular weight excluding hydrogens is 345 g/mol. The van der Waals surface area contributed by atoms with Gasteiger partial charge < -0.3 is 16.4 Å². The zero-order valence-electron chi connectivity index (χ0n) is 11.5. The van der Waals surface area contributed by atoms with Gasteiger partial charge in [-0.2, -0.15) is 5.53 Å². The zero-order chi connectivity index (χ0) is 16.8. The van der Waals surface area contributed by atoms with Gasteiger partial charge in [0, 0.05) is 5.69 Å². The van der Waals surface area contributed by atoms with E-state index in [4.69, 9.17) is 28.3 Å². The highest BCUT2D eigenvalue weighted by Crippen LogP contribution is 2.20. The van der Waals surface area contributed by atoms with E-state index < -0.39 is 5.82 Å². The molecule has 0 saturated heterocycles. The van der Waals surface area contributed by atoms with E-state index in [1.807, 2.05) is 0 Å². The summed E-state index contributed by atoms with van der Waals surface area (Å²) in [5.41, 5.74) is 12.8. The van der Waals surface area contributed by atoms with Crippen LogP contribution in [0.25, 0.3) is 0 Å². The van der Waals surface area contributed by atoms with Crippen molar-refractivity contribution in [3.63, 3.8) is 0 Å². The van der Waals surface area contributed by atoms with Gasteiger partial charge >= 0.3 is 0 Å². The normalized spacial score (nSPS) is 11.1. The van der Waals surface area contributed by atoms with Gasteiger partial charge in [-0.3, -0.25) is 5.41 Å². The first-order valence-electron chi connectivity index (χ1n) is 6.07. The molecule has 0 aliphatic rings. The summed E-state index contributed by atoms with van der Waals surface area (Å²) in [7, 11) is 0. The molecular formula is C11H11ClFN9S. The van der Waals surface area contributed by atoms with Gasteiger partial charge in [-0.25, -0.2) is 4.39 Å². The first kappa shape index (κ1) is 16.7. The quantitative estimate of drug-likeness (QED) is 0.241. The van der Waals surface area contributed by atoms with Gasteiger partial charge in [0.2, 0.25) is 5.96 Å². The first-order valence-corrected chi connectivity index (χ1v) is 7.22. The Morgan fingerprint density at radius 1 is 1.48 bits per heavy atom. The predicted molar refractivity (Wildman–Crippen MR) is 85.4 cm³/mol. The van der Waals surface area contributed by atoms with E-state index in [-0.39, 0.29) is 23.4 Å². The average Bonchev–Trinajstić information content (AvgIpc) is 2.98. The lowest BCUT2D eigenvalue weighted by Crippen LogP contribution is -2.31. The highest BCUT2D eigenvalue weighted by atomic mass is 35.5. The Labute approximate surface area is 138 Å². The Morgan fingerprint density at radius 2 is 2.26 bits per heavy atom. The summed E-state index contributed by atoms with van der Waals surface area (Å²) in [5, 5.41) is 23.4. The van der Waals surface area contributed by atoms with Crippen LogP contribution in [0.1, 0.15) is 10.6 Å². The molecule has 6 N–H and O–H groups in total. The Morgan fingerprint density at radius 3 is 2.96 bits per heavy atom. The number of rotatable bonds is 5. The van der Waals surface area contributed by atoms with Gasteiger partial charge in [0.15, 0.2) is 5.84 Å². The van der Waals surface area contributed by atoms with Gasteiger partial charge in [-0.15, -0.1) is 5.10 Å². The molecule has 0 spiro atoms. The number of nitrogens with one attached hydrogen (secondary N) is 4. The number of anilines is 1. The third kappa shape index (κ3) is 4.40. The number of aromatic nitrogens is 2. The SMILES string of the molecule is N=N/N=C(/N)NCc1snnc1C(=N)Nc1ccc(F)c(Cl)c1. The monoisotopic (exact) mass is 355 g/mol. The maximum absolute atomic E-state index is 13.1. The van der Waals surface area contributed by atoms with Gasteiger partial charge in [-0.1, -0.05) is 21.2 Å². The molecule has 2 rings (SSSR count). The van der Waals surface area contributed by atoms with Crippen molar-refractivity contribution in [1.82, 2.24) is 14.9 Å². The number of halogens is 2. The summed E-state index contributed by atoms with van der Waals surface area (Å²) >= 11 is 6.77. The largest absolute Gasteiger partial charge is 0.368 e. The van der Waals surface area contributed by atoms with Gasteiger partial charge in [0.25, 0.3) is 0 Å². The van der Waals surface area contributed by atoms with Gasteiger partial charge in [-0.05, 0) is 35.0 Å². The van der Waals surface area contributed by atoms with Crippen molar-refractivity contribution in [3.05, 3.63) is 39.6 Å². The smallest absolute Gasteiger partial charge is 0.215 e. The van der Waals surface area contributed by atoms with Crippen molar-refractivity contribution in [1.29, 1.82) is 10.9 Å². The minimum atomic E-state index is -0.543. The third-order valence-corrected chi connectivity index (χ3v) is 3.58. The number of benzene rings is 1. The first-order chi connectivity index (χ1) is 11.0. The Hall–Kier alpha value is -2.66. The minimum absolute atomic E-state index is 0.0288. The molecule has 2 aromatic rings. The second-order valence-corrected chi connectivity index (χ2v) is 5.36. The maximum atomic E-state index is 13.1. The Bertz CT molecular complexity index is 760. The van der Waals surface area contributed by atoms with Crippen molar-refractivity contribution in [3.8, 4) is 0 Å². The van der Waals surface area contributed by atoms with Crippen LogP contribution in [-0.2, 0) is 6.54 Å². The van der Waals surface area contributed by atoms with Crippen molar-refractivity contribution < 1.29 is 4.39 Å². The summed E-state index contributed by atoms with van der Waals surface area (Å²) < 4.78 is 16.9. The van der Waals surface area contributed by atoms with Crippen LogP contribution >= 0.6 is 23.1 Å². The number of hydrogen-bond donors (Lipinski definition) is 5. The van der Waals surface area contributed by atoms with Crippen LogP contribution in [0.3, 0.4) is 0 Å². The summed E-state index contributed by atoms with van der Waals surface area (Å²) in [6.45, 7) is 0.214. The molecule has 0 radical (unpaired) electrons. The highest BCUT2D eigenvalue weighted by molar-refractivity contribution is 7.05. The van der Waals surface area contributed by atoms with E-state index in [1.54, 1.807) is 0 Å². The fourth-order valence-corrected chi connectivity index (χ4v) is 2.32. The van der Waals surface area contributed by atoms with Crippen LogP contribution in [0, 0.1) is 16.8 Å². The van der Waals surface area contributed by atoms with E-state index in [0.717, 1.165) is 11.5 Å². The van der Waals surface area contributed by atoms with Gasteiger partial charge in [0.1, 0.15) is 11.5 Å². The average molecular weight is 356 g/mol. The van der Waals surface area contributed by atoms with Crippen LogP contribution in [0.2, 0.25) is 5.02 Å². The second kappa shape index (κ2) is 7.56. The van der Waals surface area contributed by atoms with Crippen LogP contribution in [0.5, 0.6) is 0 Å². The van der Waals surface area contributed by atoms with Crippen LogP contribution in [0.15, 0.2) is 28.5 Å². The Balaban J connectivity index is 2.08. The molecule has 0 aliphatic heterocycles. The molecule has 1 heterocycles. The number of guanidine groups is 1. The van der Waals surface area contributed by atoms with E-state index in [9.17, 15) is 4.39 Å². The molecule has 0 unspecified atom stereocenters. The molecule has 0 amide bonds. The van der Waals surface area contributed by atoms with Gasteiger partial charge in [0.05, 0.1) is 16.4 Å². The number of hydrogen-bond acceptors (Lipinski definition) is 6. The topological polar surface area (TPSA) is 148 Å². The lowest BCUT2D eigenvalue weighted by Gasteiger charge is -2.08. The standard InChI is InChI=1S/C11H11ClFN9S/c12-6-3-5(1-2-7(6)13)18-10(14)9-8(23-22-19-9)4-17-11(15)20-21-16/h1-3H,4H2,(H2,14,18)(H4,15,16,17,20). The van der Waals surface area contributed by atoms with E-state index in [0.29, 0.717) is 16.3 Å². The zero-order valence-corrected chi connectivity index (χ0v) is 13.0. The molecule has 0 atom stereocenters. The van der Waals surface area contributed by atoms with Crippen LogP contribution < -0.4 is 16.4 Å². The number of amidine groups is 1. The van der Waals surface area contributed by atoms with Crippen LogP contribution in [0.4, 0.5) is 10.1 Å².